The Labute approximate surface area is 163 Å². The van der Waals surface area contributed by atoms with Crippen LogP contribution in [0.25, 0.3) is 0 Å². The van der Waals surface area contributed by atoms with Crippen LogP contribution in [0.5, 0.6) is 5.75 Å². The summed E-state index contributed by atoms with van der Waals surface area (Å²) in [5, 5.41) is 3.96. The zero-order valence-electron chi connectivity index (χ0n) is 16.1. The van der Waals surface area contributed by atoms with Gasteiger partial charge in [-0.05, 0) is 51.3 Å². The first-order valence-electron chi connectivity index (χ1n) is 9.22. The summed E-state index contributed by atoms with van der Waals surface area (Å²) in [6.45, 7) is 6.88. The van der Waals surface area contributed by atoms with Crippen LogP contribution in [0.1, 0.15) is 56.0 Å². The standard InChI is InChI=1S/C20H25N3O3S/c1-12-21-18-16(17(27-12)13-5-7-15(25-4)8-6-13)19(24)22-23(18)14-9-10-26-20(2,3)11-14/h5-8,14,17H,9-11H2,1-4H3,(H,22,24)/t14-,17-/m0/s1. The summed E-state index contributed by atoms with van der Waals surface area (Å²) >= 11 is 1.62. The van der Waals surface area contributed by atoms with E-state index in [2.05, 4.69) is 18.9 Å². The minimum absolute atomic E-state index is 0.0566. The van der Waals surface area contributed by atoms with E-state index in [0.29, 0.717) is 6.61 Å². The van der Waals surface area contributed by atoms with Crippen LogP contribution in [0.4, 0.5) is 5.82 Å². The molecule has 1 fully saturated rings. The number of aromatic nitrogens is 2. The van der Waals surface area contributed by atoms with Gasteiger partial charge in [-0.2, -0.15) is 0 Å². The second kappa shape index (κ2) is 6.87. The molecular weight excluding hydrogens is 362 g/mol. The molecular formula is C20H25N3O3S. The molecule has 1 aromatic heterocycles. The molecule has 1 aromatic carbocycles. The van der Waals surface area contributed by atoms with E-state index in [1.807, 2.05) is 35.9 Å². The predicted octanol–water partition coefficient (Wildman–Crippen LogP) is 4.20. The van der Waals surface area contributed by atoms with Gasteiger partial charge < -0.3 is 9.47 Å². The van der Waals surface area contributed by atoms with Crippen molar-refractivity contribution in [2.75, 3.05) is 13.7 Å². The largest absolute Gasteiger partial charge is 0.497 e. The van der Waals surface area contributed by atoms with Gasteiger partial charge in [-0.1, -0.05) is 23.9 Å². The van der Waals surface area contributed by atoms with Gasteiger partial charge in [-0.25, -0.2) is 4.99 Å². The van der Waals surface area contributed by atoms with Gasteiger partial charge in [0.05, 0.1) is 34.6 Å². The van der Waals surface area contributed by atoms with E-state index in [1.165, 1.54) is 0 Å². The van der Waals surface area contributed by atoms with E-state index in [0.717, 1.165) is 40.6 Å². The average molecular weight is 388 g/mol. The maximum Gasteiger partial charge on any atom is 0.271 e. The number of thioether (sulfide) groups is 1. The Hall–Kier alpha value is -1.99. The number of aromatic amines is 1. The van der Waals surface area contributed by atoms with Gasteiger partial charge >= 0.3 is 0 Å². The van der Waals surface area contributed by atoms with Gasteiger partial charge in [0.25, 0.3) is 5.56 Å². The summed E-state index contributed by atoms with van der Waals surface area (Å²) in [5.41, 5.74) is 1.56. The molecule has 0 bridgehead atoms. The van der Waals surface area contributed by atoms with E-state index in [1.54, 1.807) is 18.9 Å². The van der Waals surface area contributed by atoms with Crippen molar-refractivity contribution in [3.63, 3.8) is 0 Å². The number of nitrogens with one attached hydrogen (secondary N) is 1. The number of hydrogen-bond donors (Lipinski definition) is 1. The monoisotopic (exact) mass is 387 g/mol. The molecule has 2 aliphatic rings. The first-order chi connectivity index (χ1) is 12.9. The molecule has 144 valence electrons. The highest BCUT2D eigenvalue weighted by Gasteiger charge is 2.35. The Bertz CT molecular complexity index is 927. The van der Waals surface area contributed by atoms with Gasteiger partial charge in [0.1, 0.15) is 5.75 Å². The van der Waals surface area contributed by atoms with E-state index in [-0.39, 0.29) is 22.5 Å². The van der Waals surface area contributed by atoms with Crippen LogP contribution in [-0.4, -0.2) is 34.1 Å². The lowest BCUT2D eigenvalue weighted by molar-refractivity contribution is -0.0705. The lowest BCUT2D eigenvalue weighted by Crippen LogP contribution is -2.35. The van der Waals surface area contributed by atoms with Crippen molar-refractivity contribution in [2.45, 2.75) is 50.5 Å². The number of ether oxygens (including phenoxy) is 2. The van der Waals surface area contributed by atoms with Gasteiger partial charge in [-0.3, -0.25) is 14.6 Å². The highest BCUT2D eigenvalue weighted by Crippen LogP contribution is 2.45. The molecule has 2 aliphatic heterocycles. The second-order valence-electron chi connectivity index (χ2n) is 7.70. The van der Waals surface area contributed by atoms with Gasteiger partial charge in [0.2, 0.25) is 0 Å². The number of methoxy groups -OCH3 is 1. The lowest BCUT2D eigenvalue weighted by Gasteiger charge is -2.36. The fraction of sp³-hybridized carbons (Fsp3) is 0.500. The van der Waals surface area contributed by atoms with Gasteiger partial charge in [0, 0.05) is 6.61 Å². The first-order valence-corrected chi connectivity index (χ1v) is 10.1. The van der Waals surface area contributed by atoms with Crippen LogP contribution in [-0.2, 0) is 4.74 Å². The quantitative estimate of drug-likeness (QED) is 0.857. The summed E-state index contributed by atoms with van der Waals surface area (Å²) in [6.07, 6.45) is 1.72. The second-order valence-corrected chi connectivity index (χ2v) is 9.00. The summed E-state index contributed by atoms with van der Waals surface area (Å²) in [7, 11) is 1.65. The maximum atomic E-state index is 12.9. The summed E-state index contributed by atoms with van der Waals surface area (Å²) < 4.78 is 13.1. The minimum atomic E-state index is -0.200. The number of benzene rings is 1. The van der Waals surface area contributed by atoms with E-state index in [4.69, 9.17) is 14.5 Å². The number of fused-ring (bicyclic) bond motifs is 1. The van der Waals surface area contributed by atoms with Crippen molar-refractivity contribution in [3.05, 3.63) is 45.7 Å². The molecule has 0 spiro atoms. The van der Waals surface area contributed by atoms with Crippen molar-refractivity contribution in [2.24, 2.45) is 4.99 Å². The Kier molecular flexibility index (Phi) is 4.68. The summed E-state index contributed by atoms with van der Waals surface area (Å²) in [6, 6.07) is 8.09. The lowest BCUT2D eigenvalue weighted by atomic mass is 9.94. The smallest absolute Gasteiger partial charge is 0.271 e. The molecule has 0 amide bonds. The van der Waals surface area contributed by atoms with Crippen molar-refractivity contribution in [1.82, 2.24) is 9.78 Å². The number of H-pyrrole nitrogens is 1. The molecule has 0 saturated carbocycles. The summed E-state index contributed by atoms with van der Waals surface area (Å²) in [5.74, 6) is 1.57. The zero-order valence-corrected chi connectivity index (χ0v) is 16.9. The fourth-order valence-corrected chi connectivity index (χ4v) is 5.01. The number of nitrogens with zero attached hydrogens (tertiary/aromatic N) is 2. The van der Waals surface area contributed by atoms with E-state index >= 15 is 0 Å². The molecule has 1 saturated heterocycles. The number of rotatable bonds is 3. The van der Waals surface area contributed by atoms with Crippen molar-refractivity contribution in [1.29, 1.82) is 0 Å². The molecule has 3 heterocycles. The molecule has 1 N–H and O–H groups in total. The zero-order chi connectivity index (χ0) is 19.2. The molecule has 27 heavy (non-hydrogen) atoms. The molecule has 7 heteroatoms. The third-order valence-electron chi connectivity index (χ3n) is 5.20. The SMILES string of the molecule is COc1ccc([C@@H]2SC(C)=Nc3c2c(=O)[nH]n3[C@H]2CCOC(C)(C)C2)cc1. The van der Waals surface area contributed by atoms with E-state index < -0.39 is 0 Å². The predicted molar refractivity (Wildman–Crippen MR) is 109 cm³/mol. The van der Waals surface area contributed by atoms with Crippen molar-refractivity contribution >= 4 is 22.6 Å². The van der Waals surface area contributed by atoms with Gasteiger partial charge in [0.15, 0.2) is 5.82 Å². The van der Waals surface area contributed by atoms with E-state index in [9.17, 15) is 4.79 Å². The van der Waals surface area contributed by atoms with Crippen LogP contribution < -0.4 is 10.3 Å². The number of hydrogen-bond acceptors (Lipinski definition) is 5. The van der Waals surface area contributed by atoms with Crippen LogP contribution >= 0.6 is 11.8 Å². The first kappa shape index (κ1) is 18.4. The third-order valence-corrected chi connectivity index (χ3v) is 6.38. The van der Waals surface area contributed by atoms with Crippen LogP contribution in [0.15, 0.2) is 34.1 Å². The molecule has 6 nitrogen and oxygen atoms in total. The average Bonchev–Trinajstić information content (AvgIpc) is 2.97. The molecule has 0 aliphatic carbocycles. The molecule has 4 rings (SSSR count). The molecule has 0 radical (unpaired) electrons. The fourth-order valence-electron chi connectivity index (χ4n) is 3.91. The molecule has 0 unspecified atom stereocenters. The molecule has 2 aromatic rings. The van der Waals surface area contributed by atoms with Gasteiger partial charge in [-0.15, -0.1) is 0 Å². The van der Waals surface area contributed by atoms with Crippen LogP contribution in [0.2, 0.25) is 0 Å². The number of aliphatic imine (C=N–C) groups is 1. The highest BCUT2D eigenvalue weighted by atomic mass is 32.2. The van der Waals surface area contributed by atoms with Crippen molar-refractivity contribution < 1.29 is 9.47 Å². The normalized spacial score (nSPS) is 24.2. The Morgan fingerprint density at radius 1 is 1.33 bits per heavy atom. The Morgan fingerprint density at radius 2 is 2.07 bits per heavy atom. The topological polar surface area (TPSA) is 68.6 Å². The van der Waals surface area contributed by atoms with Crippen LogP contribution in [0, 0.1) is 0 Å². The van der Waals surface area contributed by atoms with Crippen LogP contribution in [0.3, 0.4) is 0 Å². The third kappa shape index (κ3) is 3.46. The Balaban J connectivity index is 1.76. The minimum Gasteiger partial charge on any atom is -0.497 e. The Morgan fingerprint density at radius 3 is 2.74 bits per heavy atom. The maximum absolute atomic E-state index is 12.9. The summed E-state index contributed by atoms with van der Waals surface area (Å²) in [4.78, 5) is 17.6. The highest BCUT2D eigenvalue weighted by molar-refractivity contribution is 8.14. The molecule has 2 atom stereocenters. The van der Waals surface area contributed by atoms with Crippen molar-refractivity contribution in [3.8, 4) is 5.75 Å².